The molecule has 2 fully saturated rings. The third-order valence-electron chi connectivity index (χ3n) is 4.41. The maximum absolute atomic E-state index is 12.5. The van der Waals surface area contributed by atoms with Crippen molar-refractivity contribution in [3.05, 3.63) is 0 Å². The average molecular weight is 297 g/mol. The summed E-state index contributed by atoms with van der Waals surface area (Å²) in [4.78, 5) is 30.0. The van der Waals surface area contributed by atoms with Crippen molar-refractivity contribution in [2.45, 2.75) is 39.2 Å². The number of carbonyl (C=O) groups excluding carboxylic acids is 2. The van der Waals surface area contributed by atoms with Crippen molar-refractivity contribution in [2.75, 3.05) is 45.9 Å². The highest BCUT2D eigenvalue weighted by Crippen LogP contribution is 2.14. The van der Waals surface area contributed by atoms with E-state index < -0.39 is 0 Å². The van der Waals surface area contributed by atoms with E-state index in [1.54, 1.807) is 4.90 Å². The maximum Gasteiger partial charge on any atom is 0.409 e. The summed E-state index contributed by atoms with van der Waals surface area (Å²) >= 11 is 0. The fourth-order valence-electron chi connectivity index (χ4n) is 3.04. The van der Waals surface area contributed by atoms with Gasteiger partial charge in [-0.15, -0.1) is 0 Å². The van der Waals surface area contributed by atoms with Crippen molar-refractivity contribution in [3.63, 3.8) is 0 Å². The molecule has 0 aromatic rings. The lowest BCUT2D eigenvalue weighted by Gasteiger charge is -2.39. The molecule has 1 unspecified atom stereocenters. The monoisotopic (exact) mass is 297 g/mol. The van der Waals surface area contributed by atoms with Crippen LogP contribution in [-0.2, 0) is 9.53 Å². The van der Waals surface area contributed by atoms with Crippen molar-refractivity contribution < 1.29 is 14.3 Å². The second-order valence-electron chi connectivity index (χ2n) is 5.78. The number of likely N-dealkylation sites (tertiary alicyclic amines) is 1. The Morgan fingerprint density at radius 3 is 2.14 bits per heavy atom. The van der Waals surface area contributed by atoms with Gasteiger partial charge < -0.3 is 14.5 Å². The third-order valence-corrected chi connectivity index (χ3v) is 4.41. The smallest absolute Gasteiger partial charge is 0.409 e. The summed E-state index contributed by atoms with van der Waals surface area (Å²) in [5, 5.41) is 0. The van der Waals surface area contributed by atoms with Gasteiger partial charge in [0.25, 0.3) is 0 Å². The molecule has 2 amide bonds. The normalized spacial score (nSPS) is 22.0. The van der Waals surface area contributed by atoms with E-state index in [9.17, 15) is 9.59 Å². The Labute approximate surface area is 127 Å². The summed E-state index contributed by atoms with van der Waals surface area (Å²) in [5.74, 6) is 0.235. The van der Waals surface area contributed by atoms with Crippen LogP contribution in [0, 0.1) is 0 Å². The first kappa shape index (κ1) is 16.1. The molecule has 2 aliphatic heterocycles. The second-order valence-corrected chi connectivity index (χ2v) is 5.78. The van der Waals surface area contributed by atoms with Crippen LogP contribution in [0.4, 0.5) is 4.79 Å². The quantitative estimate of drug-likeness (QED) is 0.784. The van der Waals surface area contributed by atoms with E-state index >= 15 is 0 Å². The molecule has 0 bridgehead atoms. The molecule has 0 radical (unpaired) electrons. The Bertz CT molecular complexity index is 361. The van der Waals surface area contributed by atoms with Gasteiger partial charge in [0.15, 0.2) is 0 Å². The van der Waals surface area contributed by atoms with Crippen molar-refractivity contribution in [3.8, 4) is 0 Å². The predicted octanol–water partition coefficient (Wildman–Crippen LogP) is 1.16. The van der Waals surface area contributed by atoms with Crippen molar-refractivity contribution in [2.24, 2.45) is 0 Å². The zero-order valence-corrected chi connectivity index (χ0v) is 13.2. The number of carbonyl (C=O) groups is 2. The molecular formula is C15H27N3O3. The van der Waals surface area contributed by atoms with Crippen molar-refractivity contribution in [1.29, 1.82) is 0 Å². The molecule has 120 valence electrons. The molecule has 2 rings (SSSR count). The van der Waals surface area contributed by atoms with Crippen LogP contribution >= 0.6 is 0 Å². The van der Waals surface area contributed by atoms with Crippen LogP contribution in [0.2, 0.25) is 0 Å². The van der Waals surface area contributed by atoms with E-state index in [4.69, 9.17) is 4.74 Å². The van der Waals surface area contributed by atoms with E-state index in [-0.39, 0.29) is 18.0 Å². The van der Waals surface area contributed by atoms with E-state index in [1.807, 2.05) is 18.7 Å². The molecule has 0 aromatic heterocycles. The molecule has 6 heteroatoms. The molecule has 2 aliphatic rings. The largest absolute Gasteiger partial charge is 0.450 e. The lowest BCUT2D eigenvalue weighted by Crippen LogP contribution is -2.56. The summed E-state index contributed by atoms with van der Waals surface area (Å²) in [5.41, 5.74) is 0. The zero-order chi connectivity index (χ0) is 15.2. The Morgan fingerprint density at radius 2 is 1.57 bits per heavy atom. The van der Waals surface area contributed by atoms with E-state index in [0.717, 1.165) is 39.0 Å². The highest BCUT2D eigenvalue weighted by Gasteiger charge is 2.30. The van der Waals surface area contributed by atoms with Gasteiger partial charge in [0.2, 0.25) is 5.91 Å². The van der Waals surface area contributed by atoms with Crippen LogP contribution in [-0.4, -0.2) is 78.6 Å². The number of rotatable bonds is 3. The zero-order valence-electron chi connectivity index (χ0n) is 13.2. The van der Waals surface area contributed by atoms with Crippen LogP contribution in [0.3, 0.4) is 0 Å². The molecule has 2 heterocycles. The lowest BCUT2D eigenvalue weighted by molar-refractivity contribution is -0.137. The molecule has 21 heavy (non-hydrogen) atoms. The first-order valence-corrected chi connectivity index (χ1v) is 8.08. The first-order valence-electron chi connectivity index (χ1n) is 8.08. The summed E-state index contributed by atoms with van der Waals surface area (Å²) in [7, 11) is 0. The summed E-state index contributed by atoms with van der Waals surface area (Å²) in [6.45, 7) is 8.73. The fourth-order valence-corrected chi connectivity index (χ4v) is 3.04. The van der Waals surface area contributed by atoms with Gasteiger partial charge in [-0.05, 0) is 33.1 Å². The standard InChI is InChI=1S/C15H27N3O3/c1-3-21-15(20)18-11-9-16(10-12-18)13(2)14(19)17-7-5-4-6-8-17/h13H,3-12H2,1-2H3. The summed E-state index contributed by atoms with van der Waals surface area (Å²) in [6.07, 6.45) is 3.23. The van der Waals surface area contributed by atoms with Crippen LogP contribution in [0.1, 0.15) is 33.1 Å². The number of piperidine rings is 1. The van der Waals surface area contributed by atoms with E-state index in [0.29, 0.717) is 19.7 Å². The van der Waals surface area contributed by atoms with Gasteiger partial charge in [0, 0.05) is 39.3 Å². The number of nitrogens with zero attached hydrogens (tertiary/aromatic N) is 3. The predicted molar refractivity (Wildman–Crippen MR) is 80.1 cm³/mol. The van der Waals surface area contributed by atoms with Crippen LogP contribution in [0.25, 0.3) is 0 Å². The first-order chi connectivity index (χ1) is 10.1. The van der Waals surface area contributed by atoms with Crippen molar-refractivity contribution >= 4 is 12.0 Å². The Hall–Kier alpha value is -1.30. The van der Waals surface area contributed by atoms with E-state index in [2.05, 4.69) is 4.90 Å². The summed E-state index contributed by atoms with van der Waals surface area (Å²) in [6, 6.07) is -0.0903. The van der Waals surface area contributed by atoms with Crippen molar-refractivity contribution in [1.82, 2.24) is 14.7 Å². The fraction of sp³-hybridized carbons (Fsp3) is 0.867. The van der Waals surface area contributed by atoms with Crippen LogP contribution < -0.4 is 0 Å². The van der Waals surface area contributed by atoms with Gasteiger partial charge in [-0.3, -0.25) is 9.69 Å². The maximum atomic E-state index is 12.5. The minimum absolute atomic E-state index is 0.0903. The topological polar surface area (TPSA) is 53.1 Å². The molecule has 0 N–H and O–H groups in total. The van der Waals surface area contributed by atoms with Gasteiger partial charge in [-0.2, -0.15) is 0 Å². The summed E-state index contributed by atoms with van der Waals surface area (Å²) < 4.78 is 5.01. The highest BCUT2D eigenvalue weighted by atomic mass is 16.6. The molecule has 1 atom stereocenters. The number of ether oxygens (including phenoxy) is 1. The number of amides is 2. The van der Waals surface area contributed by atoms with Gasteiger partial charge in [0.1, 0.15) is 0 Å². The van der Waals surface area contributed by atoms with Gasteiger partial charge in [-0.1, -0.05) is 0 Å². The minimum Gasteiger partial charge on any atom is -0.450 e. The SMILES string of the molecule is CCOC(=O)N1CCN(C(C)C(=O)N2CCCCC2)CC1. The Balaban J connectivity index is 1.80. The van der Waals surface area contributed by atoms with Gasteiger partial charge in [-0.25, -0.2) is 4.79 Å². The molecule has 0 aliphatic carbocycles. The van der Waals surface area contributed by atoms with Gasteiger partial charge >= 0.3 is 6.09 Å². The molecule has 0 spiro atoms. The number of hydrogen-bond acceptors (Lipinski definition) is 4. The molecule has 0 saturated carbocycles. The number of piperazine rings is 1. The Morgan fingerprint density at radius 1 is 0.952 bits per heavy atom. The van der Waals surface area contributed by atoms with Gasteiger partial charge in [0.05, 0.1) is 12.6 Å². The van der Waals surface area contributed by atoms with Crippen LogP contribution in [0.5, 0.6) is 0 Å². The lowest BCUT2D eigenvalue weighted by atomic mass is 10.1. The number of hydrogen-bond donors (Lipinski definition) is 0. The average Bonchev–Trinajstić information content (AvgIpc) is 2.54. The Kier molecular flexibility index (Phi) is 5.85. The molecular weight excluding hydrogens is 270 g/mol. The van der Waals surface area contributed by atoms with Crippen LogP contribution in [0.15, 0.2) is 0 Å². The third kappa shape index (κ3) is 4.09. The molecule has 0 aromatic carbocycles. The highest BCUT2D eigenvalue weighted by molar-refractivity contribution is 5.81. The minimum atomic E-state index is -0.243. The molecule has 2 saturated heterocycles. The second kappa shape index (κ2) is 7.64. The van der Waals surface area contributed by atoms with E-state index in [1.165, 1.54) is 6.42 Å². The molecule has 6 nitrogen and oxygen atoms in total.